The van der Waals surface area contributed by atoms with E-state index in [1.165, 1.54) is 12.8 Å². The van der Waals surface area contributed by atoms with Gasteiger partial charge in [-0.3, -0.25) is 0 Å². The van der Waals surface area contributed by atoms with E-state index in [2.05, 4.69) is 24.8 Å². The van der Waals surface area contributed by atoms with Crippen LogP contribution in [0.1, 0.15) is 18.5 Å². The highest BCUT2D eigenvalue weighted by Gasteiger charge is 2.33. The molecule has 0 amide bonds. The molecule has 4 rings (SSSR count). The first-order valence-corrected chi connectivity index (χ1v) is 8.99. The van der Waals surface area contributed by atoms with Crippen molar-refractivity contribution in [2.24, 2.45) is 0 Å². The van der Waals surface area contributed by atoms with Crippen LogP contribution in [0.3, 0.4) is 0 Å². The van der Waals surface area contributed by atoms with Gasteiger partial charge in [0.15, 0.2) is 0 Å². The zero-order chi connectivity index (χ0) is 18.9. The SMILES string of the molecule is FC(F)(F)c1ccnc(N2CCN(c3nccc(N4CCCC4)n3)CC2)n1. The Bertz CT molecular complexity index is 784. The smallest absolute Gasteiger partial charge is 0.356 e. The summed E-state index contributed by atoms with van der Waals surface area (Å²) in [7, 11) is 0. The Labute approximate surface area is 154 Å². The highest BCUT2D eigenvalue weighted by Crippen LogP contribution is 2.28. The summed E-state index contributed by atoms with van der Waals surface area (Å²) in [6.07, 6.45) is 0.797. The fraction of sp³-hybridized carbons (Fsp3) is 0.529. The molecule has 0 unspecified atom stereocenters. The van der Waals surface area contributed by atoms with Crippen LogP contribution >= 0.6 is 0 Å². The topological polar surface area (TPSA) is 61.3 Å². The van der Waals surface area contributed by atoms with Gasteiger partial charge in [0.05, 0.1) is 0 Å². The van der Waals surface area contributed by atoms with Crippen molar-refractivity contribution in [2.45, 2.75) is 19.0 Å². The normalized spacial score (nSPS) is 18.3. The lowest BCUT2D eigenvalue weighted by molar-refractivity contribution is -0.141. The van der Waals surface area contributed by atoms with E-state index >= 15 is 0 Å². The number of halogens is 3. The summed E-state index contributed by atoms with van der Waals surface area (Å²) in [6.45, 7) is 4.25. The van der Waals surface area contributed by atoms with Crippen LogP contribution in [0, 0.1) is 0 Å². The van der Waals surface area contributed by atoms with Crippen molar-refractivity contribution in [1.82, 2.24) is 19.9 Å². The molecule has 2 aromatic rings. The van der Waals surface area contributed by atoms with E-state index in [0.29, 0.717) is 32.1 Å². The Kier molecular flexibility index (Phi) is 4.71. The molecule has 10 heteroatoms. The van der Waals surface area contributed by atoms with Crippen molar-refractivity contribution >= 4 is 17.7 Å². The molecule has 2 aliphatic rings. The molecule has 0 aromatic carbocycles. The van der Waals surface area contributed by atoms with Crippen LogP contribution in [0.2, 0.25) is 0 Å². The van der Waals surface area contributed by atoms with Crippen LogP contribution in [-0.4, -0.2) is 59.2 Å². The fourth-order valence-corrected chi connectivity index (χ4v) is 3.38. The van der Waals surface area contributed by atoms with Gasteiger partial charge in [-0.1, -0.05) is 0 Å². The van der Waals surface area contributed by atoms with Crippen molar-refractivity contribution < 1.29 is 13.2 Å². The Hall–Kier alpha value is -2.65. The quantitative estimate of drug-likeness (QED) is 0.810. The van der Waals surface area contributed by atoms with Crippen molar-refractivity contribution in [2.75, 3.05) is 54.0 Å². The lowest BCUT2D eigenvalue weighted by Crippen LogP contribution is -2.47. The Morgan fingerprint density at radius 1 is 0.704 bits per heavy atom. The van der Waals surface area contributed by atoms with Gasteiger partial charge < -0.3 is 14.7 Å². The predicted octanol–water partition coefficient (Wildman–Crippen LogP) is 2.21. The predicted molar refractivity (Wildman–Crippen MR) is 94.9 cm³/mol. The lowest BCUT2D eigenvalue weighted by Gasteiger charge is -2.35. The minimum Gasteiger partial charge on any atom is -0.356 e. The molecule has 27 heavy (non-hydrogen) atoms. The summed E-state index contributed by atoms with van der Waals surface area (Å²) in [6, 6.07) is 2.80. The van der Waals surface area contributed by atoms with Gasteiger partial charge in [-0.2, -0.15) is 18.2 Å². The van der Waals surface area contributed by atoms with Crippen LogP contribution in [-0.2, 0) is 6.18 Å². The molecular weight excluding hydrogens is 359 g/mol. The average Bonchev–Trinajstić information content (AvgIpc) is 3.23. The fourth-order valence-electron chi connectivity index (χ4n) is 3.38. The largest absolute Gasteiger partial charge is 0.433 e. The summed E-state index contributed by atoms with van der Waals surface area (Å²) in [5.41, 5.74) is -0.920. The molecule has 0 atom stereocenters. The second kappa shape index (κ2) is 7.16. The molecule has 0 spiro atoms. The third kappa shape index (κ3) is 3.88. The van der Waals surface area contributed by atoms with Gasteiger partial charge >= 0.3 is 6.18 Å². The van der Waals surface area contributed by atoms with Gasteiger partial charge in [-0.25, -0.2) is 15.0 Å². The number of hydrogen-bond acceptors (Lipinski definition) is 7. The summed E-state index contributed by atoms with van der Waals surface area (Å²) in [5, 5.41) is 0. The summed E-state index contributed by atoms with van der Waals surface area (Å²) in [5.74, 6) is 1.70. The Morgan fingerprint density at radius 3 is 1.85 bits per heavy atom. The van der Waals surface area contributed by atoms with Gasteiger partial charge in [0.2, 0.25) is 11.9 Å². The molecule has 0 aliphatic carbocycles. The number of piperazine rings is 1. The Balaban J connectivity index is 1.43. The summed E-state index contributed by atoms with van der Waals surface area (Å²) >= 11 is 0. The minimum absolute atomic E-state index is 0.108. The molecule has 7 nitrogen and oxygen atoms in total. The summed E-state index contributed by atoms with van der Waals surface area (Å²) < 4.78 is 38.5. The zero-order valence-electron chi connectivity index (χ0n) is 14.7. The minimum atomic E-state index is -4.47. The van der Waals surface area contributed by atoms with Gasteiger partial charge in [-0.05, 0) is 25.0 Å². The van der Waals surface area contributed by atoms with Gasteiger partial charge in [0.1, 0.15) is 11.5 Å². The van der Waals surface area contributed by atoms with E-state index < -0.39 is 11.9 Å². The van der Waals surface area contributed by atoms with Crippen molar-refractivity contribution in [3.8, 4) is 0 Å². The number of anilines is 3. The molecule has 2 saturated heterocycles. The monoisotopic (exact) mass is 379 g/mol. The van der Waals surface area contributed by atoms with Crippen LogP contribution in [0.15, 0.2) is 24.5 Å². The summed E-state index contributed by atoms with van der Waals surface area (Å²) in [4.78, 5) is 22.8. The molecule has 0 radical (unpaired) electrons. The van der Waals surface area contributed by atoms with Gasteiger partial charge in [0, 0.05) is 51.7 Å². The number of hydrogen-bond donors (Lipinski definition) is 0. The third-order valence-electron chi connectivity index (χ3n) is 4.84. The number of rotatable bonds is 3. The Morgan fingerprint density at radius 2 is 1.26 bits per heavy atom. The molecule has 144 valence electrons. The first-order chi connectivity index (χ1) is 13.0. The highest BCUT2D eigenvalue weighted by molar-refractivity contribution is 5.45. The van der Waals surface area contributed by atoms with Crippen molar-refractivity contribution in [3.05, 3.63) is 30.2 Å². The van der Waals surface area contributed by atoms with Crippen LogP contribution < -0.4 is 14.7 Å². The average molecular weight is 379 g/mol. The molecule has 4 heterocycles. The van der Waals surface area contributed by atoms with E-state index in [1.807, 2.05) is 11.0 Å². The zero-order valence-corrected chi connectivity index (χ0v) is 14.7. The van der Waals surface area contributed by atoms with Gasteiger partial charge in [0.25, 0.3) is 0 Å². The standard InChI is InChI=1S/C17H20F3N7/c18-17(19,20)13-3-5-21-15(23-13)26-9-11-27(12-10-26)16-22-6-4-14(24-16)25-7-1-2-8-25/h3-6H,1-2,7-12H2. The second-order valence-corrected chi connectivity index (χ2v) is 6.62. The van der Waals surface area contributed by atoms with E-state index in [0.717, 1.165) is 31.2 Å². The number of nitrogens with zero attached hydrogens (tertiary/aromatic N) is 7. The molecule has 2 fully saturated rings. The maximum atomic E-state index is 12.8. The van der Waals surface area contributed by atoms with Crippen molar-refractivity contribution in [1.29, 1.82) is 0 Å². The maximum Gasteiger partial charge on any atom is 0.433 e. The van der Waals surface area contributed by atoms with E-state index in [9.17, 15) is 13.2 Å². The molecule has 2 aliphatic heterocycles. The van der Waals surface area contributed by atoms with Crippen LogP contribution in [0.5, 0.6) is 0 Å². The van der Waals surface area contributed by atoms with E-state index in [4.69, 9.17) is 0 Å². The lowest BCUT2D eigenvalue weighted by atomic mass is 10.3. The molecule has 0 saturated carbocycles. The molecule has 0 bridgehead atoms. The van der Waals surface area contributed by atoms with E-state index in [1.54, 1.807) is 11.1 Å². The molecular formula is C17H20F3N7. The molecule has 2 aromatic heterocycles. The third-order valence-corrected chi connectivity index (χ3v) is 4.84. The first-order valence-electron chi connectivity index (χ1n) is 8.99. The highest BCUT2D eigenvalue weighted by atomic mass is 19.4. The van der Waals surface area contributed by atoms with Gasteiger partial charge in [-0.15, -0.1) is 0 Å². The number of aromatic nitrogens is 4. The maximum absolute atomic E-state index is 12.8. The van der Waals surface area contributed by atoms with Crippen LogP contribution in [0.25, 0.3) is 0 Å². The van der Waals surface area contributed by atoms with E-state index in [-0.39, 0.29) is 5.95 Å². The van der Waals surface area contributed by atoms with Crippen LogP contribution in [0.4, 0.5) is 30.9 Å². The number of alkyl halides is 3. The van der Waals surface area contributed by atoms with Crippen molar-refractivity contribution in [3.63, 3.8) is 0 Å². The second-order valence-electron chi connectivity index (χ2n) is 6.62. The molecule has 0 N–H and O–H groups in total. The first kappa shape index (κ1) is 17.7.